The minimum Gasteiger partial charge on any atom is -0.506 e. The number of anilines is 2. The van der Waals surface area contributed by atoms with Gasteiger partial charge in [-0.2, -0.15) is 0 Å². The zero-order chi connectivity index (χ0) is 13.9. The lowest BCUT2D eigenvalue weighted by Gasteiger charge is -2.17. The maximum Gasteiger partial charge on any atom is 0.234 e. The lowest BCUT2D eigenvalue weighted by atomic mass is 10.2. The highest BCUT2D eigenvalue weighted by Gasteiger charge is 2.15. The average Bonchev–Trinajstić information content (AvgIpc) is 2.46. The Bertz CT molecular complexity index is 643. The Morgan fingerprint density at radius 2 is 2.25 bits per heavy atom. The molecule has 3 rings (SSSR count). The molecule has 1 amide bonds. The predicted molar refractivity (Wildman–Crippen MR) is 79.0 cm³/mol. The second kappa shape index (κ2) is 5.42. The van der Waals surface area contributed by atoms with Crippen molar-refractivity contribution in [3.05, 3.63) is 42.2 Å². The van der Waals surface area contributed by atoms with E-state index in [0.717, 1.165) is 22.0 Å². The van der Waals surface area contributed by atoms with Crippen molar-refractivity contribution in [2.75, 3.05) is 16.4 Å². The van der Waals surface area contributed by atoms with Gasteiger partial charge in [0.05, 0.1) is 29.9 Å². The Morgan fingerprint density at radius 1 is 1.35 bits per heavy atom. The molecule has 102 valence electrons. The largest absolute Gasteiger partial charge is 0.506 e. The summed E-state index contributed by atoms with van der Waals surface area (Å²) in [5.74, 6) is 0.652. The standard InChI is InChI=1S/C14H13N3O2S/c18-11-3-1-10(16-7-11)6-15-9-2-4-13-12(5-9)17-14(19)8-20-13/h1-5,7,15,18H,6,8H2,(H,17,19). The first-order chi connectivity index (χ1) is 9.70. The van der Waals surface area contributed by atoms with E-state index in [0.29, 0.717) is 12.3 Å². The van der Waals surface area contributed by atoms with E-state index in [1.165, 1.54) is 6.20 Å². The summed E-state index contributed by atoms with van der Waals surface area (Å²) in [7, 11) is 0. The number of carbonyl (C=O) groups is 1. The number of thioether (sulfide) groups is 1. The van der Waals surface area contributed by atoms with Crippen LogP contribution in [0, 0.1) is 0 Å². The van der Waals surface area contributed by atoms with Crippen LogP contribution < -0.4 is 10.6 Å². The summed E-state index contributed by atoms with van der Waals surface area (Å²) in [6, 6.07) is 9.25. The Labute approximate surface area is 120 Å². The molecule has 0 fully saturated rings. The van der Waals surface area contributed by atoms with E-state index in [1.807, 2.05) is 18.2 Å². The summed E-state index contributed by atoms with van der Waals surface area (Å²) in [4.78, 5) is 16.6. The monoisotopic (exact) mass is 287 g/mol. The molecular weight excluding hydrogens is 274 g/mol. The van der Waals surface area contributed by atoms with Crippen molar-refractivity contribution >= 4 is 29.0 Å². The van der Waals surface area contributed by atoms with E-state index >= 15 is 0 Å². The molecule has 0 atom stereocenters. The fourth-order valence-corrected chi connectivity index (χ4v) is 2.70. The Morgan fingerprint density at radius 3 is 3.05 bits per heavy atom. The van der Waals surface area contributed by atoms with Crippen molar-refractivity contribution in [3.63, 3.8) is 0 Å². The third-order valence-electron chi connectivity index (χ3n) is 2.90. The number of aromatic nitrogens is 1. The molecule has 2 heterocycles. The van der Waals surface area contributed by atoms with Crippen molar-refractivity contribution < 1.29 is 9.90 Å². The predicted octanol–water partition coefficient (Wildman–Crippen LogP) is 2.44. The van der Waals surface area contributed by atoms with Gasteiger partial charge in [-0.15, -0.1) is 11.8 Å². The maximum absolute atomic E-state index is 11.4. The van der Waals surface area contributed by atoms with E-state index in [-0.39, 0.29) is 11.7 Å². The van der Waals surface area contributed by atoms with E-state index in [4.69, 9.17) is 0 Å². The van der Waals surface area contributed by atoms with Crippen molar-refractivity contribution in [1.29, 1.82) is 0 Å². The number of carbonyl (C=O) groups excluding carboxylic acids is 1. The fraction of sp³-hybridized carbons (Fsp3) is 0.143. The lowest BCUT2D eigenvalue weighted by Crippen LogP contribution is -2.18. The second-order valence-corrected chi connectivity index (χ2v) is 5.43. The van der Waals surface area contributed by atoms with E-state index in [2.05, 4.69) is 15.6 Å². The molecule has 5 nitrogen and oxygen atoms in total. The third kappa shape index (κ3) is 2.85. The molecular formula is C14H13N3O2S. The van der Waals surface area contributed by atoms with Gasteiger partial charge in [-0.25, -0.2) is 0 Å². The molecule has 0 radical (unpaired) electrons. The van der Waals surface area contributed by atoms with Crippen molar-refractivity contribution in [2.45, 2.75) is 11.4 Å². The number of pyridine rings is 1. The van der Waals surface area contributed by atoms with Crippen LogP contribution in [0.5, 0.6) is 5.75 Å². The summed E-state index contributed by atoms with van der Waals surface area (Å²) < 4.78 is 0. The van der Waals surface area contributed by atoms with Gasteiger partial charge in [0.1, 0.15) is 5.75 Å². The third-order valence-corrected chi connectivity index (χ3v) is 3.97. The zero-order valence-electron chi connectivity index (χ0n) is 10.6. The van der Waals surface area contributed by atoms with Gasteiger partial charge in [0.25, 0.3) is 0 Å². The smallest absolute Gasteiger partial charge is 0.234 e. The van der Waals surface area contributed by atoms with E-state index in [9.17, 15) is 9.90 Å². The number of nitrogens with zero attached hydrogens (tertiary/aromatic N) is 1. The Hall–Kier alpha value is -2.21. The molecule has 1 aliphatic rings. The molecule has 0 unspecified atom stereocenters. The molecule has 1 aliphatic heterocycles. The van der Waals surface area contributed by atoms with Gasteiger partial charge >= 0.3 is 0 Å². The minimum absolute atomic E-state index is 0.0276. The van der Waals surface area contributed by atoms with Gasteiger partial charge in [-0.3, -0.25) is 9.78 Å². The SMILES string of the molecule is O=C1CSc2ccc(NCc3ccc(O)cn3)cc2N1. The number of nitrogens with one attached hydrogen (secondary N) is 2. The number of hydrogen-bond donors (Lipinski definition) is 3. The number of hydrogen-bond acceptors (Lipinski definition) is 5. The van der Waals surface area contributed by atoms with Crippen LogP contribution in [-0.2, 0) is 11.3 Å². The van der Waals surface area contributed by atoms with E-state index < -0.39 is 0 Å². The van der Waals surface area contributed by atoms with Crippen LogP contribution in [-0.4, -0.2) is 21.8 Å². The van der Waals surface area contributed by atoms with Gasteiger partial charge in [0, 0.05) is 10.6 Å². The molecule has 3 N–H and O–H groups in total. The van der Waals surface area contributed by atoms with Crippen molar-refractivity contribution in [2.24, 2.45) is 0 Å². The first kappa shape index (κ1) is 12.8. The number of amides is 1. The van der Waals surface area contributed by atoms with Crippen LogP contribution in [0.3, 0.4) is 0 Å². The van der Waals surface area contributed by atoms with E-state index in [1.54, 1.807) is 23.9 Å². The summed E-state index contributed by atoms with van der Waals surface area (Å²) in [6.45, 7) is 0.556. The molecule has 2 aromatic rings. The Balaban J connectivity index is 1.70. The molecule has 1 aromatic heterocycles. The molecule has 0 bridgehead atoms. The van der Waals surface area contributed by atoms with Crippen LogP contribution in [0.25, 0.3) is 0 Å². The summed E-state index contributed by atoms with van der Waals surface area (Å²) in [5, 5.41) is 15.3. The highest BCUT2D eigenvalue weighted by atomic mass is 32.2. The Kier molecular flexibility index (Phi) is 3.47. The average molecular weight is 287 g/mol. The number of rotatable bonds is 3. The van der Waals surface area contributed by atoms with Gasteiger partial charge in [0.2, 0.25) is 5.91 Å². The fourth-order valence-electron chi connectivity index (χ4n) is 1.91. The molecule has 20 heavy (non-hydrogen) atoms. The van der Waals surface area contributed by atoms with Gasteiger partial charge in [0.15, 0.2) is 0 Å². The molecule has 0 aliphatic carbocycles. The maximum atomic E-state index is 11.4. The molecule has 1 aromatic carbocycles. The minimum atomic E-state index is 0.0276. The zero-order valence-corrected chi connectivity index (χ0v) is 11.4. The summed E-state index contributed by atoms with van der Waals surface area (Å²) >= 11 is 1.54. The van der Waals surface area contributed by atoms with Crippen molar-refractivity contribution in [3.8, 4) is 5.75 Å². The van der Waals surface area contributed by atoms with Gasteiger partial charge in [-0.05, 0) is 30.3 Å². The number of fused-ring (bicyclic) bond motifs is 1. The quantitative estimate of drug-likeness (QED) is 0.808. The van der Waals surface area contributed by atoms with Crippen LogP contribution in [0.15, 0.2) is 41.4 Å². The molecule has 6 heteroatoms. The normalized spacial score (nSPS) is 13.5. The number of aromatic hydroxyl groups is 1. The van der Waals surface area contributed by atoms with Crippen LogP contribution in [0.1, 0.15) is 5.69 Å². The molecule has 0 saturated heterocycles. The first-order valence-corrected chi connectivity index (χ1v) is 7.14. The molecule has 0 saturated carbocycles. The highest BCUT2D eigenvalue weighted by Crippen LogP contribution is 2.33. The summed E-state index contributed by atoms with van der Waals surface area (Å²) in [6.07, 6.45) is 1.42. The van der Waals surface area contributed by atoms with Gasteiger partial charge in [-0.1, -0.05) is 0 Å². The molecule has 0 spiro atoms. The summed E-state index contributed by atoms with van der Waals surface area (Å²) in [5.41, 5.74) is 2.59. The second-order valence-electron chi connectivity index (χ2n) is 4.41. The van der Waals surface area contributed by atoms with Crippen LogP contribution in [0.4, 0.5) is 11.4 Å². The van der Waals surface area contributed by atoms with Crippen molar-refractivity contribution in [1.82, 2.24) is 4.98 Å². The first-order valence-electron chi connectivity index (χ1n) is 6.15. The van der Waals surface area contributed by atoms with Crippen LogP contribution in [0.2, 0.25) is 0 Å². The lowest BCUT2D eigenvalue weighted by molar-refractivity contribution is -0.113. The highest BCUT2D eigenvalue weighted by molar-refractivity contribution is 8.00. The topological polar surface area (TPSA) is 74.2 Å². The van der Waals surface area contributed by atoms with Gasteiger partial charge < -0.3 is 15.7 Å². The number of benzene rings is 1. The van der Waals surface area contributed by atoms with Crippen LogP contribution >= 0.6 is 11.8 Å².